The van der Waals surface area contributed by atoms with Crippen LogP contribution >= 0.6 is 0 Å². The molecule has 0 aromatic rings. The number of ether oxygens (including phenoxy) is 2. The zero-order valence-electron chi connectivity index (χ0n) is 8.16. The Kier molecular flexibility index (Phi) is 3.96. The molecule has 3 heteroatoms. The third-order valence-electron chi connectivity index (χ3n) is 1.72. The third-order valence-corrected chi connectivity index (χ3v) is 1.72. The first kappa shape index (κ1) is 10.3. The van der Waals surface area contributed by atoms with Gasteiger partial charge in [0.1, 0.15) is 0 Å². The van der Waals surface area contributed by atoms with Gasteiger partial charge in [0.2, 0.25) is 0 Å². The second-order valence-electron chi connectivity index (χ2n) is 3.47. The van der Waals surface area contributed by atoms with E-state index in [2.05, 4.69) is 0 Å². The fourth-order valence-corrected chi connectivity index (χ4v) is 0.818. The molecule has 0 spiro atoms. The van der Waals surface area contributed by atoms with Crippen LogP contribution in [0.5, 0.6) is 0 Å². The number of hydrogen-bond donors (Lipinski definition) is 0. The minimum absolute atomic E-state index is 0.110. The maximum atomic E-state index is 11.0. The largest absolute Gasteiger partial charge is 0.435 e. The molecule has 0 amide bonds. The van der Waals surface area contributed by atoms with Crippen LogP contribution in [0.1, 0.15) is 26.7 Å². The Hall–Kier alpha value is -0.830. The monoisotopic (exact) mass is 184 g/mol. The fourth-order valence-electron chi connectivity index (χ4n) is 0.818. The lowest BCUT2D eigenvalue weighted by Gasteiger charge is -2.02. The molecular formula is C10H16O3. The SMILES string of the molecule is CC(C)OCC=COC(=O)C1CC1. The van der Waals surface area contributed by atoms with E-state index in [9.17, 15) is 4.79 Å². The van der Waals surface area contributed by atoms with E-state index in [4.69, 9.17) is 9.47 Å². The summed E-state index contributed by atoms with van der Waals surface area (Å²) in [6.45, 7) is 4.42. The number of carbonyl (C=O) groups is 1. The molecule has 0 heterocycles. The predicted molar refractivity (Wildman–Crippen MR) is 49.0 cm³/mol. The molecule has 13 heavy (non-hydrogen) atoms. The van der Waals surface area contributed by atoms with Crippen molar-refractivity contribution in [2.24, 2.45) is 5.92 Å². The van der Waals surface area contributed by atoms with Crippen molar-refractivity contribution in [1.29, 1.82) is 0 Å². The van der Waals surface area contributed by atoms with Crippen molar-refractivity contribution >= 4 is 5.97 Å². The van der Waals surface area contributed by atoms with Crippen LogP contribution in [0.25, 0.3) is 0 Å². The van der Waals surface area contributed by atoms with Crippen LogP contribution in [0.2, 0.25) is 0 Å². The number of carbonyl (C=O) groups excluding carboxylic acids is 1. The van der Waals surface area contributed by atoms with Crippen molar-refractivity contribution in [3.8, 4) is 0 Å². The smallest absolute Gasteiger partial charge is 0.313 e. The topological polar surface area (TPSA) is 35.5 Å². The van der Waals surface area contributed by atoms with Crippen molar-refractivity contribution in [2.75, 3.05) is 6.61 Å². The van der Waals surface area contributed by atoms with Gasteiger partial charge in [0, 0.05) is 0 Å². The zero-order valence-corrected chi connectivity index (χ0v) is 8.16. The van der Waals surface area contributed by atoms with E-state index in [1.165, 1.54) is 6.26 Å². The first-order valence-electron chi connectivity index (χ1n) is 4.67. The van der Waals surface area contributed by atoms with E-state index in [-0.39, 0.29) is 18.0 Å². The van der Waals surface area contributed by atoms with Gasteiger partial charge < -0.3 is 9.47 Å². The molecular weight excluding hydrogens is 168 g/mol. The first-order valence-corrected chi connectivity index (χ1v) is 4.67. The highest BCUT2D eigenvalue weighted by atomic mass is 16.5. The van der Waals surface area contributed by atoms with Gasteiger partial charge in [0.25, 0.3) is 0 Å². The molecule has 1 rings (SSSR count). The average molecular weight is 184 g/mol. The van der Waals surface area contributed by atoms with Gasteiger partial charge in [-0.05, 0) is 32.8 Å². The Morgan fingerprint density at radius 1 is 1.54 bits per heavy atom. The van der Waals surface area contributed by atoms with E-state index in [0.29, 0.717) is 6.61 Å². The van der Waals surface area contributed by atoms with Crippen molar-refractivity contribution in [3.05, 3.63) is 12.3 Å². The Morgan fingerprint density at radius 2 is 2.23 bits per heavy atom. The second kappa shape index (κ2) is 5.02. The second-order valence-corrected chi connectivity index (χ2v) is 3.47. The molecule has 0 aromatic heterocycles. The van der Waals surface area contributed by atoms with Crippen LogP contribution in [0.15, 0.2) is 12.3 Å². The van der Waals surface area contributed by atoms with Crippen LogP contribution in [0.4, 0.5) is 0 Å². The molecule has 0 atom stereocenters. The summed E-state index contributed by atoms with van der Waals surface area (Å²) >= 11 is 0. The molecule has 74 valence electrons. The number of rotatable bonds is 5. The Balaban J connectivity index is 2.00. The highest BCUT2D eigenvalue weighted by Gasteiger charge is 2.30. The summed E-state index contributed by atoms with van der Waals surface area (Å²) < 4.78 is 10.1. The Labute approximate surface area is 78.7 Å². The van der Waals surface area contributed by atoms with Crippen molar-refractivity contribution in [2.45, 2.75) is 32.8 Å². The van der Waals surface area contributed by atoms with Gasteiger partial charge in [-0.15, -0.1) is 0 Å². The van der Waals surface area contributed by atoms with Gasteiger partial charge >= 0.3 is 5.97 Å². The third kappa shape index (κ3) is 4.68. The standard InChI is InChI=1S/C10H16O3/c1-8(2)12-6-3-7-13-10(11)9-4-5-9/h3,7-9H,4-6H2,1-2H3. The summed E-state index contributed by atoms with van der Waals surface area (Å²) in [6, 6.07) is 0. The maximum Gasteiger partial charge on any atom is 0.313 e. The summed E-state index contributed by atoms with van der Waals surface area (Å²) in [6.07, 6.45) is 5.30. The van der Waals surface area contributed by atoms with E-state index in [0.717, 1.165) is 12.8 Å². The maximum absolute atomic E-state index is 11.0. The van der Waals surface area contributed by atoms with Crippen LogP contribution in [-0.4, -0.2) is 18.7 Å². The normalized spacial score (nSPS) is 16.8. The number of hydrogen-bond acceptors (Lipinski definition) is 3. The van der Waals surface area contributed by atoms with Crippen LogP contribution in [-0.2, 0) is 14.3 Å². The highest BCUT2D eigenvalue weighted by molar-refractivity contribution is 5.75. The van der Waals surface area contributed by atoms with E-state index in [1.54, 1.807) is 6.08 Å². The predicted octanol–water partition coefficient (Wildman–Crippen LogP) is 1.88. The molecule has 3 nitrogen and oxygen atoms in total. The average Bonchev–Trinajstić information content (AvgIpc) is 2.85. The molecule has 0 N–H and O–H groups in total. The molecule has 0 bridgehead atoms. The van der Waals surface area contributed by atoms with E-state index >= 15 is 0 Å². The molecule has 0 aliphatic heterocycles. The van der Waals surface area contributed by atoms with Crippen molar-refractivity contribution in [1.82, 2.24) is 0 Å². The molecule has 1 aliphatic carbocycles. The highest BCUT2D eigenvalue weighted by Crippen LogP contribution is 2.29. The summed E-state index contributed by atoms with van der Waals surface area (Å²) in [5.41, 5.74) is 0. The lowest BCUT2D eigenvalue weighted by molar-refractivity contribution is -0.139. The molecule has 0 saturated heterocycles. The minimum Gasteiger partial charge on any atom is -0.435 e. The van der Waals surface area contributed by atoms with Crippen molar-refractivity contribution in [3.63, 3.8) is 0 Å². The molecule has 1 aliphatic rings. The van der Waals surface area contributed by atoms with Gasteiger partial charge in [0.05, 0.1) is 24.9 Å². The molecule has 0 aromatic carbocycles. The lowest BCUT2D eigenvalue weighted by Crippen LogP contribution is -2.03. The van der Waals surface area contributed by atoms with Gasteiger partial charge in [0.15, 0.2) is 0 Å². The van der Waals surface area contributed by atoms with Gasteiger partial charge in [-0.25, -0.2) is 0 Å². The molecule has 1 saturated carbocycles. The lowest BCUT2D eigenvalue weighted by atomic mass is 10.4. The van der Waals surface area contributed by atoms with E-state index in [1.807, 2.05) is 13.8 Å². The number of esters is 1. The van der Waals surface area contributed by atoms with Gasteiger partial charge in [-0.2, -0.15) is 0 Å². The first-order chi connectivity index (χ1) is 6.20. The summed E-state index contributed by atoms with van der Waals surface area (Å²) in [7, 11) is 0. The zero-order chi connectivity index (χ0) is 9.68. The van der Waals surface area contributed by atoms with Crippen molar-refractivity contribution < 1.29 is 14.3 Å². The minimum atomic E-state index is -0.110. The summed E-state index contributed by atoms with van der Waals surface area (Å²) in [5.74, 6) is 0.0523. The molecule has 0 unspecified atom stereocenters. The Bertz CT molecular complexity index is 192. The fraction of sp³-hybridized carbons (Fsp3) is 0.700. The Morgan fingerprint density at radius 3 is 2.77 bits per heavy atom. The molecule has 1 fully saturated rings. The van der Waals surface area contributed by atoms with Crippen LogP contribution in [0.3, 0.4) is 0 Å². The summed E-state index contributed by atoms with van der Waals surface area (Å²) in [4.78, 5) is 11.0. The quantitative estimate of drug-likeness (QED) is 0.483. The van der Waals surface area contributed by atoms with Crippen LogP contribution < -0.4 is 0 Å². The summed E-state index contributed by atoms with van der Waals surface area (Å²) in [5, 5.41) is 0. The van der Waals surface area contributed by atoms with Crippen LogP contribution in [0, 0.1) is 5.92 Å². The van der Waals surface area contributed by atoms with E-state index < -0.39 is 0 Å². The molecule has 0 radical (unpaired) electrons. The van der Waals surface area contributed by atoms with Gasteiger partial charge in [-0.1, -0.05) is 0 Å². The van der Waals surface area contributed by atoms with Gasteiger partial charge in [-0.3, -0.25) is 4.79 Å².